The van der Waals surface area contributed by atoms with Crippen molar-refractivity contribution in [3.8, 4) is 0 Å². The van der Waals surface area contributed by atoms with Gasteiger partial charge in [0.05, 0.1) is 4.92 Å². The molecule has 0 radical (unpaired) electrons. The van der Waals surface area contributed by atoms with Crippen LogP contribution in [-0.4, -0.2) is 22.4 Å². The zero-order valence-electron chi connectivity index (χ0n) is 12.7. The van der Waals surface area contributed by atoms with Crippen LogP contribution in [0.2, 0.25) is 0 Å². The van der Waals surface area contributed by atoms with Crippen LogP contribution in [0.25, 0.3) is 0 Å². The second kappa shape index (κ2) is 6.04. The number of hydrogen-bond donors (Lipinski definition) is 1. The van der Waals surface area contributed by atoms with Crippen molar-refractivity contribution in [3.63, 3.8) is 0 Å². The zero-order valence-corrected chi connectivity index (χ0v) is 12.7. The predicted molar refractivity (Wildman–Crippen MR) is 86.4 cm³/mol. The number of hydrogen-bond acceptors (Lipinski definition) is 5. The van der Waals surface area contributed by atoms with Gasteiger partial charge in [-0.15, -0.1) is 0 Å². The van der Waals surface area contributed by atoms with Gasteiger partial charge in [-0.05, 0) is 29.7 Å². The number of benzene rings is 1. The van der Waals surface area contributed by atoms with Gasteiger partial charge in [-0.25, -0.2) is 4.98 Å². The average molecular weight is 312 g/mol. The van der Waals surface area contributed by atoms with E-state index >= 15 is 0 Å². The molecule has 0 saturated heterocycles. The Bertz CT molecular complexity index is 758. The fraction of sp³-hybridized carbons (Fsp3) is 0.250. The van der Waals surface area contributed by atoms with Gasteiger partial charge in [0.2, 0.25) is 5.91 Å². The molecule has 7 nitrogen and oxygen atoms in total. The van der Waals surface area contributed by atoms with E-state index < -0.39 is 4.92 Å². The molecule has 0 fully saturated rings. The highest BCUT2D eigenvalue weighted by Crippen LogP contribution is 2.28. The van der Waals surface area contributed by atoms with Crippen molar-refractivity contribution in [2.45, 2.75) is 19.9 Å². The largest absolute Gasteiger partial charge is 0.352 e. The maximum atomic E-state index is 11.3. The maximum absolute atomic E-state index is 11.3. The molecule has 2 aromatic rings. The van der Waals surface area contributed by atoms with E-state index in [2.05, 4.69) is 15.2 Å². The molecule has 1 aliphatic heterocycles. The summed E-state index contributed by atoms with van der Waals surface area (Å²) in [5.74, 6) is 0.629. The lowest BCUT2D eigenvalue weighted by atomic mass is 9.97. The minimum Gasteiger partial charge on any atom is -0.352 e. The number of anilines is 2. The van der Waals surface area contributed by atoms with Crippen LogP contribution in [0.15, 0.2) is 36.5 Å². The Labute approximate surface area is 133 Å². The number of pyridine rings is 1. The van der Waals surface area contributed by atoms with Gasteiger partial charge < -0.3 is 10.2 Å². The normalized spacial score (nSPS) is 13.3. The topological polar surface area (TPSA) is 88.4 Å². The number of nitro groups is 1. The van der Waals surface area contributed by atoms with E-state index in [0.29, 0.717) is 12.4 Å². The number of fused-ring (bicyclic) bond motifs is 1. The van der Waals surface area contributed by atoms with Gasteiger partial charge in [-0.1, -0.05) is 12.1 Å². The molecule has 3 rings (SSSR count). The lowest BCUT2D eigenvalue weighted by molar-refractivity contribution is -0.385. The molecule has 0 aliphatic carbocycles. The van der Waals surface area contributed by atoms with Gasteiger partial charge in [0.25, 0.3) is 5.69 Å². The van der Waals surface area contributed by atoms with E-state index in [0.717, 1.165) is 29.8 Å². The second-order valence-corrected chi connectivity index (χ2v) is 5.43. The number of rotatable bonds is 3. The Morgan fingerprint density at radius 3 is 2.83 bits per heavy atom. The van der Waals surface area contributed by atoms with E-state index in [9.17, 15) is 14.9 Å². The molecule has 0 unspecified atom stereocenters. The van der Waals surface area contributed by atoms with Gasteiger partial charge in [-0.2, -0.15) is 0 Å². The van der Waals surface area contributed by atoms with Crippen LogP contribution < -0.4 is 10.2 Å². The molecule has 0 saturated carbocycles. The molecular weight excluding hydrogens is 296 g/mol. The van der Waals surface area contributed by atoms with E-state index in [4.69, 9.17) is 0 Å². The molecule has 0 bridgehead atoms. The number of amides is 1. The molecule has 0 spiro atoms. The SMILES string of the molecule is CC(=O)Nc1cccc2c1CCN(c1ccc([N+](=O)[O-])cn1)C2. The summed E-state index contributed by atoms with van der Waals surface area (Å²) in [6, 6.07) is 8.97. The summed E-state index contributed by atoms with van der Waals surface area (Å²) in [5.41, 5.74) is 3.11. The highest BCUT2D eigenvalue weighted by Gasteiger charge is 2.20. The monoisotopic (exact) mass is 312 g/mol. The van der Waals surface area contributed by atoms with Crippen molar-refractivity contribution in [3.05, 3.63) is 57.8 Å². The summed E-state index contributed by atoms with van der Waals surface area (Å²) in [4.78, 5) is 27.8. The Balaban J connectivity index is 1.83. The number of nitrogens with zero attached hydrogens (tertiary/aromatic N) is 3. The smallest absolute Gasteiger partial charge is 0.287 e. The molecule has 2 heterocycles. The van der Waals surface area contributed by atoms with Crippen molar-refractivity contribution >= 4 is 23.1 Å². The van der Waals surface area contributed by atoms with E-state index in [-0.39, 0.29) is 11.6 Å². The second-order valence-electron chi connectivity index (χ2n) is 5.43. The highest BCUT2D eigenvalue weighted by atomic mass is 16.6. The van der Waals surface area contributed by atoms with Crippen LogP contribution >= 0.6 is 0 Å². The number of carbonyl (C=O) groups excluding carboxylic acids is 1. The lowest BCUT2D eigenvalue weighted by Crippen LogP contribution is -2.31. The van der Waals surface area contributed by atoms with Gasteiger partial charge in [0, 0.05) is 31.8 Å². The van der Waals surface area contributed by atoms with Crippen LogP contribution in [-0.2, 0) is 17.8 Å². The van der Waals surface area contributed by atoms with Gasteiger partial charge in [0.1, 0.15) is 12.0 Å². The first kappa shape index (κ1) is 15.0. The van der Waals surface area contributed by atoms with Crippen LogP contribution in [0.5, 0.6) is 0 Å². The van der Waals surface area contributed by atoms with E-state index in [1.165, 1.54) is 19.2 Å². The molecule has 118 valence electrons. The molecule has 1 amide bonds. The van der Waals surface area contributed by atoms with Gasteiger partial charge >= 0.3 is 0 Å². The first-order valence-corrected chi connectivity index (χ1v) is 7.28. The maximum Gasteiger partial charge on any atom is 0.287 e. The average Bonchev–Trinajstić information content (AvgIpc) is 2.54. The minimum absolute atomic E-state index is 0.0147. The number of nitrogens with one attached hydrogen (secondary N) is 1. The van der Waals surface area contributed by atoms with Gasteiger partial charge in [0.15, 0.2) is 0 Å². The van der Waals surface area contributed by atoms with Crippen molar-refractivity contribution in [1.82, 2.24) is 4.98 Å². The quantitative estimate of drug-likeness (QED) is 0.695. The third kappa shape index (κ3) is 3.13. The molecule has 23 heavy (non-hydrogen) atoms. The summed E-state index contributed by atoms with van der Waals surface area (Å²) < 4.78 is 0. The van der Waals surface area contributed by atoms with Crippen LogP contribution in [0.1, 0.15) is 18.1 Å². The first-order chi connectivity index (χ1) is 11.0. The summed E-state index contributed by atoms with van der Waals surface area (Å²) in [6.07, 6.45) is 2.06. The minimum atomic E-state index is -0.456. The molecule has 1 aromatic carbocycles. The van der Waals surface area contributed by atoms with E-state index in [1.54, 1.807) is 6.07 Å². The molecule has 7 heteroatoms. The molecule has 1 aliphatic rings. The van der Waals surface area contributed by atoms with Crippen molar-refractivity contribution in [2.75, 3.05) is 16.8 Å². The molecule has 1 N–H and O–H groups in total. The van der Waals surface area contributed by atoms with Crippen LogP contribution in [0, 0.1) is 10.1 Å². The summed E-state index contributed by atoms with van der Waals surface area (Å²) in [6.45, 7) is 2.90. The Morgan fingerprint density at radius 2 is 2.17 bits per heavy atom. The number of carbonyl (C=O) groups is 1. The summed E-state index contributed by atoms with van der Waals surface area (Å²) >= 11 is 0. The third-order valence-corrected chi connectivity index (χ3v) is 3.84. The summed E-state index contributed by atoms with van der Waals surface area (Å²) in [5, 5.41) is 13.6. The fourth-order valence-corrected chi connectivity index (χ4v) is 2.79. The van der Waals surface area contributed by atoms with Crippen molar-refractivity contribution in [2.24, 2.45) is 0 Å². The van der Waals surface area contributed by atoms with E-state index in [1.807, 2.05) is 18.2 Å². The molecule has 1 aromatic heterocycles. The number of aromatic nitrogens is 1. The summed E-state index contributed by atoms with van der Waals surface area (Å²) in [7, 11) is 0. The molecule has 0 atom stereocenters. The highest BCUT2D eigenvalue weighted by molar-refractivity contribution is 5.89. The lowest BCUT2D eigenvalue weighted by Gasteiger charge is -2.30. The van der Waals surface area contributed by atoms with Crippen LogP contribution in [0.3, 0.4) is 0 Å². The Kier molecular flexibility index (Phi) is 3.92. The van der Waals surface area contributed by atoms with Crippen LogP contribution in [0.4, 0.5) is 17.2 Å². The van der Waals surface area contributed by atoms with Crippen molar-refractivity contribution < 1.29 is 9.72 Å². The van der Waals surface area contributed by atoms with Crippen molar-refractivity contribution in [1.29, 1.82) is 0 Å². The zero-order chi connectivity index (χ0) is 16.4. The Morgan fingerprint density at radius 1 is 1.35 bits per heavy atom. The molecular formula is C16H16N4O3. The van der Waals surface area contributed by atoms with Gasteiger partial charge in [-0.3, -0.25) is 14.9 Å². The standard InChI is InChI=1S/C16H16N4O3/c1-11(21)18-15-4-2-3-12-10-19(8-7-14(12)15)16-6-5-13(9-17-16)20(22)23/h2-6,9H,7-8,10H2,1H3,(H,18,21). The fourth-order valence-electron chi connectivity index (χ4n) is 2.79. The third-order valence-electron chi connectivity index (χ3n) is 3.84. The predicted octanol–water partition coefficient (Wildman–Crippen LogP) is 2.51. The first-order valence-electron chi connectivity index (χ1n) is 7.28. The Hall–Kier alpha value is -2.96.